The Hall–Kier alpha value is -0.570. The predicted molar refractivity (Wildman–Crippen MR) is 46.8 cm³/mol. The van der Waals surface area contributed by atoms with Crippen molar-refractivity contribution in [2.75, 3.05) is 13.2 Å². The molecule has 0 aliphatic carbocycles. The van der Waals surface area contributed by atoms with E-state index in [4.69, 9.17) is 4.74 Å². The van der Waals surface area contributed by atoms with Crippen LogP contribution in [0.4, 0.5) is 0 Å². The molecule has 0 saturated carbocycles. The van der Waals surface area contributed by atoms with Gasteiger partial charge in [0, 0.05) is 13.0 Å². The highest BCUT2D eigenvalue weighted by molar-refractivity contribution is 5.65. The standard InChI is InChI=1S/C9H17NO2/c1-7-5-9(3-4-10-7)6-12-8(2)11/h7,9-10H,3-6H2,1-2H3. The molecule has 12 heavy (non-hydrogen) atoms. The fourth-order valence-corrected chi connectivity index (χ4v) is 1.62. The van der Waals surface area contributed by atoms with Crippen LogP contribution in [-0.4, -0.2) is 25.2 Å². The highest BCUT2D eigenvalue weighted by atomic mass is 16.5. The van der Waals surface area contributed by atoms with Gasteiger partial charge in [-0.3, -0.25) is 4.79 Å². The van der Waals surface area contributed by atoms with E-state index < -0.39 is 0 Å². The molecule has 3 nitrogen and oxygen atoms in total. The zero-order chi connectivity index (χ0) is 8.97. The first-order valence-electron chi connectivity index (χ1n) is 4.55. The minimum absolute atomic E-state index is 0.166. The van der Waals surface area contributed by atoms with Crippen molar-refractivity contribution in [2.24, 2.45) is 5.92 Å². The molecule has 0 amide bonds. The molecule has 0 radical (unpaired) electrons. The van der Waals surface area contributed by atoms with Crippen LogP contribution in [0.1, 0.15) is 26.7 Å². The third kappa shape index (κ3) is 3.22. The van der Waals surface area contributed by atoms with E-state index in [9.17, 15) is 4.79 Å². The minimum atomic E-state index is -0.166. The third-order valence-electron chi connectivity index (χ3n) is 2.25. The quantitative estimate of drug-likeness (QED) is 0.628. The molecule has 1 aliphatic rings. The average molecular weight is 171 g/mol. The lowest BCUT2D eigenvalue weighted by molar-refractivity contribution is -0.142. The van der Waals surface area contributed by atoms with Gasteiger partial charge in [0.05, 0.1) is 6.61 Å². The van der Waals surface area contributed by atoms with E-state index in [1.807, 2.05) is 0 Å². The minimum Gasteiger partial charge on any atom is -0.466 e. The van der Waals surface area contributed by atoms with Gasteiger partial charge in [-0.05, 0) is 32.2 Å². The number of carbonyl (C=O) groups is 1. The highest BCUT2D eigenvalue weighted by Crippen LogP contribution is 2.15. The topological polar surface area (TPSA) is 38.3 Å². The average Bonchev–Trinajstić information content (AvgIpc) is 2.01. The van der Waals surface area contributed by atoms with Crippen LogP contribution in [0, 0.1) is 5.92 Å². The van der Waals surface area contributed by atoms with Gasteiger partial charge in [-0.2, -0.15) is 0 Å². The first kappa shape index (κ1) is 9.52. The van der Waals surface area contributed by atoms with Crippen LogP contribution in [0.2, 0.25) is 0 Å². The van der Waals surface area contributed by atoms with Crippen molar-refractivity contribution in [2.45, 2.75) is 32.7 Å². The lowest BCUT2D eigenvalue weighted by Gasteiger charge is -2.27. The Morgan fingerprint density at radius 2 is 2.42 bits per heavy atom. The molecule has 0 aromatic carbocycles. The number of esters is 1. The van der Waals surface area contributed by atoms with Crippen molar-refractivity contribution < 1.29 is 9.53 Å². The molecule has 0 aromatic rings. The zero-order valence-corrected chi connectivity index (χ0v) is 7.80. The van der Waals surface area contributed by atoms with Gasteiger partial charge in [0.25, 0.3) is 0 Å². The summed E-state index contributed by atoms with van der Waals surface area (Å²) in [6, 6.07) is 0.569. The number of hydrogen-bond donors (Lipinski definition) is 1. The smallest absolute Gasteiger partial charge is 0.302 e. The molecule has 1 fully saturated rings. The summed E-state index contributed by atoms with van der Waals surface area (Å²) in [6.07, 6.45) is 2.24. The molecule has 2 atom stereocenters. The summed E-state index contributed by atoms with van der Waals surface area (Å²) in [7, 11) is 0. The predicted octanol–water partition coefficient (Wildman–Crippen LogP) is 0.938. The van der Waals surface area contributed by atoms with Crippen LogP contribution in [-0.2, 0) is 9.53 Å². The van der Waals surface area contributed by atoms with Crippen molar-refractivity contribution in [1.82, 2.24) is 5.32 Å². The molecule has 1 aliphatic heterocycles. The number of rotatable bonds is 2. The molecule has 70 valence electrons. The van der Waals surface area contributed by atoms with Crippen molar-refractivity contribution >= 4 is 5.97 Å². The van der Waals surface area contributed by atoms with Gasteiger partial charge in [-0.1, -0.05) is 0 Å². The van der Waals surface area contributed by atoms with E-state index in [0.29, 0.717) is 18.6 Å². The molecular weight excluding hydrogens is 154 g/mol. The van der Waals surface area contributed by atoms with Crippen molar-refractivity contribution in [3.63, 3.8) is 0 Å². The monoisotopic (exact) mass is 171 g/mol. The summed E-state index contributed by atoms with van der Waals surface area (Å²) in [6.45, 7) is 5.28. The van der Waals surface area contributed by atoms with Gasteiger partial charge in [0.1, 0.15) is 0 Å². The van der Waals surface area contributed by atoms with E-state index in [-0.39, 0.29) is 5.97 Å². The van der Waals surface area contributed by atoms with E-state index in [0.717, 1.165) is 19.4 Å². The molecule has 1 heterocycles. The van der Waals surface area contributed by atoms with Crippen LogP contribution < -0.4 is 5.32 Å². The Bertz CT molecular complexity index is 159. The highest BCUT2D eigenvalue weighted by Gasteiger charge is 2.18. The summed E-state index contributed by atoms with van der Waals surface area (Å²) in [5.74, 6) is 0.395. The second-order valence-corrected chi connectivity index (χ2v) is 3.55. The second kappa shape index (κ2) is 4.45. The largest absolute Gasteiger partial charge is 0.466 e. The first-order valence-corrected chi connectivity index (χ1v) is 4.55. The van der Waals surface area contributed by atoms with E-state index >= 15 is 0 Å². The molecule has 3 heteroatoms. The molecule has 0 aromatic heterocycles. The zero-order valence-electron chi connectivity index (χ0n) is 7.80. The van der Waals surface area contributed by atoms with Crippen molar-refractivity contribution in [3.8, 4) is 0 Å². The maximum Gasteiger partial charge on any atom is 0.302 e. The van der Waals surface area contributed by atoms with Crippen LogP contribution in [0.25, 0.3) is 0 Å². The number of hydrogen-bond acceptors (Lipinski definition) is 3. The Balaban J connectivity index is 2.18. The second-order valence-electron chi connectivity index (χ2n) is 3.55. The number of ether oxygens (including phenoxy) is 1. The van der Waals surface area contributed by atoms with Gasteiger partial charge < -0.3 is 10.1 Å². The lowest BCUT2D eigenvalue weighted by atomic mass is 9.94. The van der Waals surface area contributed by atoms with E-state index in [1.165, 1.54) is 6.92 Å². The summed E-state index contributed by atoms with van der Waals surface area (Å²) < 4.78 is 4.96. The Morgan fingerprint density at radius 3 is 3.00 bits per heavy atom. The third-order valence-corrected chi connectivity index (χ3v) is 2.25. The van der Waals surface area contributed by atoms with Crippen molar-refractivity contribution in [1.29, 1.82) is 0 Å². The molecule has 0 spiro atoms. The maximum absolute atomic E-state index is 10.5. The van der Waals surface area contributed by atoms with Gasteiger partial charge in [-0.25, -0.2) is 0 Å². The lowest BCUT2D eigenvalue weighted by Crippen LogP contribution is -2.37. The molecular formula is C9H17NO2. The van der Waals surface area contributed by atoms with Gasteiger partial charge in [0.2, 0.25) is 0 Å². The van der Waals surface area contributed by atoms with E-state index in [2.05, 4.69) is 12.2 Å². The van der Waals surface area contributed by atoms with Gasteiger partial charge in [-0.15, -0.1) is 0 Å². The number of nitrogens with one attached hydrogen (secondary N) is 1. The Morgan fingerprint density at radius 1 is 1.67 bits per heavy atom. The van der Waals surface area contributed by atoms with Gasteiger partial charge >= 0.3 is 5.97 Å². The molecule has 2 unspecified atom stereocenters. The molecule has 1 saturated heterocycles. The summed E-state index contributed by atoms with van der Waals surface area (Å²) in [4.78, 5) is 10.5. The first-order chi connectivity index (χ1) is 5.68. The number of carbonyl (C=O) groups excluding carboxylic acids is 1. The normalized spacial score (nSPS) is 29.8. The van der Waals surface area contributed by atoms with Crippen LogP contribution in [0.5, 0.6) is 0 Å². The fourth-order valence-electron chi connectivity index (χ4n) is 1.62. The SMILES string of the molecule is CC(=O)OCC1CCNC(C)C1. The Kier molecular flexibility index (Phi) is 3.53. The Labute approximate surface area is 73.5 Å². The fraction of sp³-hybridized carbons (Fsp3) is 0.889. The molecule has 1 N–H and O–H groups in total. The molecule has 0 bridgehead atoms. The molecule has 1 rings (SSSR count). The maximum atomic E-state index is 10.5. The van der Waals surface area contributed by atoms with Crippen LogP contribution in [0.15, 0.2) is 0 Å². The van der Waals surface area contributed by atoms with Crippen LogP contribution >= 0.6 is 0 Å². The summed E-state index contributed by atoms with van der Waals surface area (Å²) >= 11 is 0. The van der Waals surface area contributed by atoms with Crippen molar-refractivity contribution in [3.05, 3.63) is 0 Å². The summed E-state index contributed by atoms with van der Waals surface area (Å²) in [5.41, 5.74) is 0. The van der Waals surface area contributed by atoms with E-state index in [1.54, 1.807) is 0 Å². The number of piperidine rings is 1. The summed E-state index contributed by atoms with van der Waals surface area (Å²) in [5, 5.41) is 3.36. The van der Waals surface area contributed by atoms with Gasteiger partial charge in [0.15, 0.2) is 0 Å². The van der Waals surface area contributed by atoms with Crippen LogP contribution in [0.3, 0.4) is 0 Å².